The molecule has 4 rings (SSSR count). The van der Waals surface area contributed by atoms with Gasteiger partial charge in [0.1, 0.15) is 0 Å². The van der Waals surface area contributed by atoms with Gasteiger partial charge < -0.3 is 24.8 Å². The first kappa shape index (κ1) is 14.8. The number of fused-ring (bicyclic) bond motifs is 3. The van der Waals surface area contributed by atoms with E-state index in [4.69, 9.17) is 0 Å². The van der Waals surface area contributed by atoms with E-state index in [1.165, 1.54) is 22.3 Å². The first-order valence-electron chi connectivity index (χ1n) is 5.85. The zero-order valence-corrected chi connectivity index (χ0v) is 13.0. The number of rotatable bonds is 1. The van der Waals surface area contributed by atoms with Crippen LogP contribution in [-0.2, 0) is 23.9 Å². The first-order valence-corrected chi connectivity index (χ1v) is 7.53. The predicted molar refractivity (Wildman–Crippen MR) is 62.5 cm³/mol. The Labute approximate surface area is 133 Å². The topological polar surface area (TPSA) is 17.1 Å². The molecule has 1 unspecified atom stereocenters. The maximum absolute atomic E-state index is 11.5. The van der Waals surface area contributed by atoms with Crippen molar-refractivity contribution < 1.29 is 48.8 Å². The minimum atomic E-state index is -0.322. The van der Waals surface area contributed by atoms with E-state index < -0.39 is 0 Å². The molecule has 0 spiro atoms. The van der Waals surface area contributed by atoms with Crippen LogP contribution in [0.4, 0.5) is 0 Å². The molecule has 2 aromatic carbocycles. The van der Waals surface area contributed by atoms with E-state index in [1.54, 1.807) is 0 Å². The molecule has 0 amide bonds. The smallest absolute Gasteiger partial charge is 1.00 e. The van der Waals surface area contributed by atoms with Gasteiger partial charge in [-0.1, -0.05) is 0 Å². The van der Waals surface area contributed by atoms with Gasteiger partial charge in [-0.15, -0.1) is 0 Å². The van der Waals surface area contributed by atoms with Crippen LogP contribution < -0.4 is 24.8 Å². The van der Waals surface area contributed by atoms with Crippen molar-refractivity contribution in [3.05, 3.63) is 59.7 Å². The van der Waals surface area contributed by atoms with E-state index >= 15 is 0 Å². The van der Waals surface area contributed by atoms with Crippen LogP contribution in [0.1, 0.15) is 17.0 Å². The van der Waals surface area contributed by atoms with E-state index in [0.29, 0.717) is 14.2 Å². The van der Waals surface area contributed by atoms with Gasteiger partial charge in [-0.25, -0.2) is 0 Å². The van der Waals surface area contributed by atoms with Crippen LogP contribution in [0.2, 0.25) is 4.22 Å². The molecule has 1 heterocycles. The summed E-state index contributed by atoms with van der Waals surface area (Å²) in [6.45, 7) is 0. The van der Waals surface area contributed by atoms with Crippen molar-refractivity contribution in [2.75, 3.05) is 0 Å². The first-order chi connectivity index (χ1) is 8.36. The maximum Gasteiger partial charge on any atom is -1.00 e. The monoisotopic (exact) mass is 324 g/mol. The number of carbonyl (C=O) groups excluding carboxylic acids is 1. The Morgan fingerprint density at radius 3 is 1.63 bits per heavy atom. The maximum atomic E-state index is 11.5. The van der Waals surface area contributed by atoms with Crippen molar-refractivity contribution in [3.8, 4) is 11.1 Å². The number of benzene rings is 2. The van der Waals surface area contributed by atoms with Crippen LogP contribution in [0.3, 0.4) is 0 Å². The van der Waals surface area contributed by atoms with Gasteiger partial charge >= 0.3 is 109 Å². The molecule has 1 aliphatic carbocycles. The molecule has 1 nitrogen and oxygen atoms in total. The van der Waals surface area contributed by atoms with E-state index in [-0.39, 0.29) is 44.0 Å². The summed E-state index contributed by atoms with van der Waals surface area (Å²) in [7, 11) is 0. The molecule has 0 aromatic heterocycles. The van der Waals surface area contributed by atoms with Crippen LogP contribution in [0.5, 0.6) is 0 Å². The van der Waals surface area contributed by atoms with Gasteiger partial charge in [-0.2, -0.15) is 0 Å². The van der Waals surface area contributed by atoms with Crippen molar-refractivity contribution in [1.29, 1.82) is 0 Å². The second-order valence-electron chi connectivity index (χ2n) is 4.64. The fraction of sp³-hybridized carbons (Fsp3) is 0.133. The molecule has 0 N–H and O–H groups in total. The second kappa shape index (κ2) is 5.42. The molecule has 1 aliphatic heterocycles. The van der Waals surface area contributed by atoms with Gasteiger partial charge in [0.25, 0.3) is 0 Å². The number of carbonyl (C=O) groups is 1. The zero-order valence-electron chi connectivity index (χ0n) is 9.94. The van der Waals surface area contributed by atoms with E-state index in [9.17, 15) is 4.79 Å². The molecule has 4 heteroatoms. The molecule has 0 radical (unpaired) electrons. The largest absolute Gasteiger partial charge is 1.00 e. The van der Waals surface area contributed by atoms with Crippen molar-refractivity contribution in [2.45, 2.75) is 10.1 Å². The molecular formula is C15H10Cl2OTi. The van der Waals surface area contributed by atoms with Crippen molar-refractivity contribution >= 4 is 4.09 Å². The Morgan fingerprint density at radius 1 is 0.789 bits per heavy atom. The van der Waals surface area contributed by atoms with E-state index in [2.05, 4.69) is 48.5 Å². The molecule has 0 saturated carbocycles. The summed E-state index contributed by atoms with van der Waals surface area (Å²) in [5.74, 6) is 0.370. The van der Waals surface area contributed by atoms with Crippen molar-refractivity contribution in [2.24, 2.45) is 0 Å². The Balaban J connectivity index is 0.000000667. The summed E-state index contributed by atoms with van der Waals surface area (Å²) in [6.07, 6.45) is 0. The van der Waals surface area contributed by atoms with Crippen LogP contribution in [0.15, 0.2) is 48.5 Å². The van der Waals surface area contributed by atoms with Gasteiger partial charge in [0, 0.05) is 0 Å². The van der Waals surface area contributed by atoms with Gasteiger partial charge in [0.05, 0.1) is 0 Å². The minimum absolute atomic E-state index is 0. The molecule has 2 aromatic rings. The SMILES string of the molecule is O=[C]1[Ti+2][CH]1C1c2ccccc2-c2ccccc21.[Cl-].[Cl-]. The Hall–Kier alpha value is -0.596. The van der Waals surface area contributed by atoms with Gasteiger partial charge in [-0.3, -0.25) is 0 Å². The second-order valence-corrected chi connectivity index (χ2v) is 6.83. The normalized spacial score (nSPS) is 18.1. The van der Waals surface area contributed by atoms with Crippen LogP contribution in [0.25, 0.3) is 11.1 Å². The van der Waals surface area contributed by atoms with Gasteiger partial charge in [0.15, 0.2) is 0 Å². The molecule has 1 saturated heterocycles. The molecule has 19 heavy (non-hydrogen) atoms. The predicted octanol–water partition coefficient (Wildman–Crippen LogP) is -2.78. The van der Waals surface area contributed by atoms with Crippen LogP contribution in [0, 0.1) is 0 Å². The summed E-state index contributed by atoms with van der Waals surface area (Å²) >= 11 is -0.322. The molecule has 1 fully saturated rings. The fourth-order valence-electron chi connectivity index (χ4n) is 2.90. The molecule has 94 valence electrons. The standard InChI is InChI=1S/C15H10O.2ClH.Ti/c16-10-9-15-13-7-3-1-5-11(13)12-6-2-4-8-14(12)15;;;/h1-9,15H;2*1H;/q;;;+2/p-2. The van der Waals surface area contributed by atoms with E-state index in [1.807, 2.05) is 0 Å². The van der Waals surface area contributed by atoms with Crippen LogP contribution in [-0.4, -0.2) is 4.09 Å². The third-order valence-electron chi connectivity index (χ3n) is 3.71. The zero-order chi connectivity index (χ0) is 11.4. The number of hydrogen-bond acceptors (Lipinski definition) is 1. The summed E-state index contributed by atoms with van der Waals surface area (Å²) in [4.78, 5) is 11.5. The fourth-order valence-corrected chi connectivity index (χ4v) is 4.33. The molecule has 0 bridgehead atoms. The van der Waals surface area contributed by atoms with Crippen LogP contribution >= 0.6 is 0 Å². The third kappa shape index (κ3) is 2.19. The van der Waals surface area contributed by atoms with Gasteiger partial charge in [-0.05, 0) is 0 Å². The van der Waals surface area contributed by atoms with Crippen molar-refractivity contribution in [3.63, 3.8) is 0 Å². The Kier molecular flexibility index (Phi) is 4.22. The van der Waals surface area contributed by atoms with E-state index in [0.717, 1.165) is 0 Å². The molecule has 2 aliphatic rings. The minimum Gasteiger partial charge on any atom is -1.00 e. The molecular weight excluding hydrogens is 315 g/mol. The summed E-state index contributed by atoms with van der Waals surface area (Å²) in [6, 6.07) is 17.1. The number of halogens is 2. The number of hydrogen-bond donors (Lipinski definition) is 0. The summed E-state index contributed by atoms with van der Waals surface area (Å²) in [5.41, 5.74) is 5.40. The Morgan fingerprint density at radius 2 is 1.21 bits per heavy atom. The third-order valence-corrected chi connectivity index (χ3v) is 5.57. The van der Waals surface area contributed by atoms with Crippen molar-refractivity contribution in [1.82, 2.24) is 0 Å². The summed E-state index contributed by atoms with van der Waals surface area (Å²) in [5, 5.41) is 0. The quantitative estimate of drug-likeness (QED) is 0.519. The average molecular weight is 325 g/mol. The summed E-state index contributed by atoms with van der Waals surface area (Å²) < 4.78 is 0.904. The van der Waals surface area contributed by atoms with Gasteiger partial charge in [0.2, 0.25) is 0 Å². The average Bonchev–Trinajstić information content (AvgIpc) is 2.99. The Bertz CT molecular complexity index is 596. The molecule has 1 atom stereocenters.